The first-order valence-corrected chi connectivity index (χ1v) is 6.36. The van der Waals surface area contributed by atoms with E-state index in [1.54, 1.807) is 11.8 Å². The average molecular weight is 233 g/mol. The molecule has 0 N–H and O–H groups in total. The molecule has 1 heterocycles. The lowest BCUT2D eigenvalue weighted by atomic mass is 10.2. The molecule has 2 aromatic rings. The maximum Gasteiger partial charge on any atom is 0.191 e. The number of aromatic nitrogens is 3. The van der Waals surface area contributed by atoms with Crippen molar-refractivity contribution in [2.24, 2.45) is 0 Å². The largest absolute Gasteiger partial charge is 0.307 e. The smallest absolute Gasteiger partial charge is 0.191 e. The lowest BCUT2D eigenvalue weighted by Gasteiger charge is -2.04. The van der Waals surface area contributed by atoms with E-state index in [-0.39, 0.29) is 0 Å². The molecular weight excluding hydrogens is 218 g/mol. The van der Waals surface area contributed by atoms with Gasteiger partial charge < -0.3 is 4.57 Å². The summed E-state index contributed by atoms with van der Waals surface area (Å²) in [6.07, 6.45) is 0. The van der Waals surface area contributed by atoms with E-state index in [0.29, 0.717) is 0 Å². The Morgan fingerprint density at radius 2 is 1.94 bits per heavy atom. The van der Waals surface area contributed by atoms with Crippen LogP contribution in [0.25, 0.3) is 0 Å². The molecule has 0 spiro atoms. The Hall–Kier alpha value is -1.29. The Morgan fingerprint density at radius 3 is 2.62 bits per heavy atom. The van der Waals surface area contributed by atoms with Gasteiger partial charge in [-0.15, -0.1) is 10.2 Å². The Morgan fingerprint density at radius 1 is 1.19 bits per heavy atom. The predicted octanol–water partition coefficient (Wildman–Crippen LogP) is 2.90. The summed E-state index contributed by atoms with van der Waals surface area (Å²) in [5.41, 5.74) is 1.32. The molecule has 0 aliphatic heterocycles. The van der Waals surface area contributed by atoms with E-state index >= 15 is 0 Å². The Labute approximate surface area is 99.9 Å². The third kappa shape index (κ3) is 2.44. The van der Waals surface area contributed by atoms with Crippen molar-refractivity contribution in [2.45, 2.75) is 31.3 Å². The summed E-state index contributed by atoms with van der Waals surface area (Å²) in [4.78, 5) is 0. The van der Waals surface area contributed by atoms with E-state index < -0.39 is 0 Å². The minimum absolute atomic E-state index is 0.927. The van der Waals surface area contributed by atoms with E-state index in [1.807, 2.05) is 13.0 Å². The molecule has 0 unspecified atom stereocenters. The Balaban J connectivity index is 2.05. The predicted molar refractivity (Wildman–Crippen MR) is 66.4 cm³/mol. The number of nitrogens with zero attached hydrogens (tertiary/aromatic N) is 3. The van der Waals surface area contributed by atoms with Crippen LogP contribution in [0.15, 0.2) is 35.5 Å². The molecule has 0 fully saturated rings. The van der Waals surface area contributed by atoms with Crippen LogP contribution in [0.5, 0.6) is 0 Å². The molecule has 3 nitrogen and oxygen atoms in total. The van der Waals surface area contributed by atoms with Crippen molar-refractivity contribution in [3.05, 3.63) is 41.7 Å². The number of rotatable bonds is 4. The molecule has 0 aliphatic carbocycles. The van der Waals surface area contributed by atoms with Gasteiger partial charge in [0.25, 0.3) is 0 Å². The number of hydrogen-bond donors (Lipinski definition) is 0. The molecule has 0 aliphatic rings. The van der Waals surface area contributed by atoms with Crippen molar-refractivity contribution < 1.29 is 0 Å². The van der Waals surface area contributed by atoms with E-state index in [2.05, 4.69) is 46.0 Å². The number of thioether (sulfide) groups is 1. The SMILES string of the molecule is CCn1c(C)nnc1SCc1ccccc1. The van der Waals surface area contributed by atoms with Crippen molar-refractivity contribution in [2.75, 3.05) is 0 Å². The number of aryl methyl sites for hydroxylation is 1. The van der Waals surface area contributed by atoms with Gasteiger partial charge in [0.15, 0.2) is 5.16 Å². The molecule has 0 amide bonds. The van der Waals surface area contributed by atoms with Crippen molar-refractivity contribution in [1.82, 2.24) is 14.8 Å². The second-order valence-corrected chi connectivity index (χ2v) is 4.49. The normalized spacial score (nSPS) is 10.6. The summed E-state index contributed by atoms with van der Waals surface area (Å²) in [5, 5.41) is 9.27. The minimum Gasteiger partial charge on any atom is -0.307 e. The van der Waals surface area contributed by atoms with Crippen LogP contribution >= 0.6 is 11.8 Å². The van der Waals surface area contributed by atoms with Gasteiger partial charge in [0.05, 0.1) is 0 Å². The van der Waals surface area contributed by atoms with Crippen molar-refractivity contribution in [3.8, 4) is 0 Å². The molecule has 2 rings (SSSR count). The van der Waals surface area contributed by atoms with Crippen molar-refractivity contribution >= 4 is 11.8 Å². The molecule has 1 aromatic carbocycles. The molecule has 84 valence electrons. The highest BCUT2D eigenvalue weighted by atomic mass is 32.2. The van der Waals surface area contributed by atoms with Crippen molar-refractivity contribution in [3.63, 3.8) is 0 Å². The summed E-state index contributed by atoms with van der Waals surface area (Å²) in [5.74, 6) is 1.93. The van der Waals surface area contributed by atoms with Gasteiger partial charge in [-0.1, -0.05) is 42.1 Å². The lowest BCUT2D eigenvalue weighted by Crippen LogP contribution is -1.99. The highest BCUT2D eigenvalue weighted by Gasteiger charge is 2.07. The minimum atomic E-state index is 0.927. The molecule has 0 saturated heterocycles. The zero-order valence-electron chi connectivity index (χ0n) is 9.55. The van der Waals surface area contributed by atoms with Gasteiger partial charge >= 0.3 is 0 Å². The first-order chi connectivity index (χ1) is 7.81. The van der Waals surface area contributed by atoms with Crippen LogP contribution in [0.1, 0.15) is 18.3 Å². The third-order valence-electron chi connectivity index (χ3n) is 2.43. The quantitative estimate of drug-likeness (QED) is 0.761. The second kappa shape index (κ2) is 5.16. The van der Waals surface area contributed by atoms with Crippen LogP contribution in [0, 0.1) is 6.92 Å². The zero-order valence-corrected chi connectivity index (χ0v) is 10.4. The second-order valence-electron chi connectivity index (χ2n) is 3.55. The van der Waals surface area contributed by atoms with Crippen LogP contribution in [0.2, 0.25) is 0 Å². The van der Waals surface area contributed by atoms with E-state index in [4.69, 9.17) is 0 Å². The maximum atomic E-state index is 4.18. The van der Waals surface area contributed by atoms with Gasteiger partial charge in [-0.25, -0.2) is 0 Å². The summed E-state index contributed by atoms with van der Waals surface area (Å²) < 4.78 is 2.13. The van der Waals surface area contributed by atoms with Gasteiger partial charge in [-0.2, -0.15) is 0 Å². The summed E-state index contributed by atoms with van der Waals surface area (Å²) >= 11 is 1.73. The summed E-state index contributed by atoms with van der Waals surface area (Å²) in [6, 6.07) is 10.4. The van der Waals surface area contributed by atoms with E-state index in [0.717, 1.165) is 23.3 Å². The molecule has 0 bridgehead atoms. The summed E-state index contributed by atoms with van der Waals surface area (Å²) in [7, 11) is 0. The van der Waals surface area contributed by atoms with Gasteiger partial charge in [0.1, 0.15) is 5.82 Å². The number of benzene rings is 1. The highest BCUT2D eigenvalue weighted by molar-refractivity contribution is 7.98. The molecular formula is C12H15N3S. The number of hydrogen-bond acceptors (Lipinski definition) is 3. The fraction of sp³-hybridized carbons (Fsp3) is 0.333. The Kier molecular flexibility index (Phi) is 3.62. The Bertz CT molecular complexity index is 451. The first kappa shape index (κ1) is 11.2. The molecule has 16 heavy (non-hydrogen) atoms. The van der Waals surface area contributed by atoms with Crippen molar-refractivity contribution in [1.29, 1.82) is 0 Å². The van der Waals surface area contributed by atoms with Crippen LogP contribution in [-0.4, -0.2) is 14.8 Å². The first-order valence-electron chi connectivity index (χ1n) is 5.37. The van der Waals surface area contributed by atoms with Crippen LogP contribution in [-0.2, 0) is 12.3 Å². The fourth-order valence-corrected chi connectivity index (χ4v) is 2.56. The molecule has 0 saturated carbocycles. The topological polar surface area (TPSA) is 30.7 Å². The summed E-state index contributed by atoms with van der Waals surface area (Å²) in [6.45, 7) is 5.03. The monoisotopic (exact) mass is 233 g/mol. The lowest BCUT2D eigenvalue weighted by molar-refractivity contribution is 0.662. The van der Waals surface area contributed by atoms with Crippen LogP contribution < -0.4 is 0 Å². The van der Waals surface area contributed by atoms with E-state index in [9.17, 15) is 0 Å². The zero-order chi connectivity index (χ0) is 11.4. The highest BCUT2D eigenvalue weighted by Crippen LogP contribution is 2.21. The van der Waals surface area contributed by atoms with Crippen LogP contribution in [0.3, 0.4) is 0 Å². The third-order valence-corrected chi connectivity index (χ3v) is 3.47. The standard InChI is InChI=1S/C12H15N3S/c1-3-15-10(2)13-14-12(15)16-9-11-7-5-4-6-8-11/h4-8H,3,9H2,1-2H3. The van der Waals surface area contributed by atoms with Gasteiger partial charge in [-0.05, 0) is 19.4 Å². The van der Waals surface area contributed by atoms with Gasteiger partial charge in [-0.3, -0.25) is 0 Å². The van der Waals surface area contributed by atoms with Crippen LogP contribution in [0.4, 0.5) is 0 Å². The van der Waals surface area contributed by atoms with Gasteiger partial charge in [0, 0.05) is 12.3 Å². The molecule has 0 radical (unpaired) electrons. The fourth-order valence-electron chi connectivity index (χ4n) is 1.55. The van der Waals surface area contributed by atoms with Gasteiger partial charge in [0.2, 0.25) is 0 Å². The average Bonchev–Trinajstić information content (AvgIpc) is 2.68. The van der Waals surface area contributed by atoms with E-state index in [1.165, 1.54) is 5.56 Å². The molecule has 1 aromatic heterocycles. The molecule has 4 heteroatoms. The molecule has 0 atom stereocenters. The maximum absolute atomic E-state index is 4.18.